The van der Waals surface area contributed by atoms with Crippen molar-refractivity contribution in [3.63, 3.8) is 0 Å². The molecule has 0 aliphatic carbocycles. The average Bonchev–Trinajstić information content (AvgIpc) is 3.40. The van der Waals surface area contributed by atoms with Crippen LogP contribution in [-0.2, 0) is 0 Å². The van der Waals surface area contributed by atoms with Gasteiger partial charge >= 0.3 is 0 Å². The molecule has 3 atom stereocenters. The number of anilines is 1. The first kappa shape index (κ1) is 17.1. The molecule has 7 nitrogen and oxygen atoms in total. The van der Waals surface area contributed by atoms with Gasteiger partial charge in [-0.1, -0.05) is 6.07 Å². The Morgan fingerprint density at radius 1 is 1.10 bits per heavy atom. The van der Waals surface area contributed by atoms with Gasteiger partial charge in [0.25, 0.3) is 5.91 Å². The first-order valence-corrected chi connectivity index (χ1v) is 10.4. The first-order chi connectivity index (χ1) is 14.2. The summed E-state index contributed by atoms with van der Waals surface area (Å²) in [6.07, 6.45) is 4.15. The number of ether oxygens (including phenoxy) is 2. The zero-order valence-corrected chi connectivity index (χ0v) is 16.2. The van der Waals surface area contributed by atoms with Crippen LogP contribution in [0.5, 0.6) is 11.5 Å². The van der Waals surface area contributed by atoms with Crippen LogP contribution in [0.1, 0.15) is 34.7 Å². The minimum atomic E-state index is -0.419. The second-order valence-electron chi connectivity index (χ2n) is 8.46. The summed E-state index contributed by atoms with van der Waals surface area (Å²) in [5, 5.41) is 0. The van der Waals surface area contributed by atoms with E-state index in [1.165, 1.54) is 18.4 Å². The van der Waals surface area contributed by atoms with E-state index >= 15 is 0 Å². The molecule has 7 heteroatoms. The quantitative estimate of drug-likeness (QED) is 0.860. The molecule has 1 aromatic carbocycles. The van der Waals surface area contributed by atoms with Gasteiger partial charge in [-0.2, -0.15) is 0 Å². The van der Waals surface area contributed by atoms with Crippen molar-refractivity contribution < 1.29 is 14.3 Å². The van der Waals surface area contributed by atoms with Crippen molar-refractivity contribution in [3.05, 3.63) is 47.7 Å². The minimum absolute atomic E-state index is 0.283. The molecule has 6 heterocycles. The average molecular weight is 392 g/mol. The van der Waals surface area contributed by atoms with Gasteiger partial charge in [-0.25, -0.2) is 4.98 Å². The lowest BCUT2D eigenvalue weighted by molar-refractivity contribution is 0.0354. The maximum Gasteiger partial charge on any atom is 0.252 e. The molecule has 5 aliphatic rings. The third-order valence-corrected chi connectivity index (χ3v) is 7.14. The van der Waals surface area contributed by atoms with Crippen LogP contribution in [0.2, 0.25) is 0 Å². The lowest BCUT2D eigenvalue weighted by Gasteiger charge is -2.51. The molecule has 0 unspecified atom stereocenters. The highest BCUT2D eigenvalue weighted by Crippen LogP contribution is 2.49. The SMILES string of the molecule is NC(=O)c1cccnc1N1C[C@H](c2ccc3c(c2)OCO3)[C@H]2[C@@H]1C1CCN2CC1. The number of nitrogens with two attached hydrogens (primary N) is 1. The fourth-order valence-electron chi connectivity index (χ4n) is 5.92. The van der Waals surface area contributed by atoms with Crippen LogP contribution in [0, 0.1) is 5.92 Å². The first-order valence-electron chi connectivity index (χ1n) is 10.4. The molecule has 2 N–H and O–H groups in total. The number of benzene rings is 1. The van der Waals surface area contributed by atoms with Crippen LogP contribution in [0.15, 0.2) is 36.5 Å². The summed E-state index contributed by atoms with van der Waals surface area (Å²) in [5.41, 5.74) is 7.46. The number of carbonyl (C=O) groups is 1. The fraction of sp³-hybridized carbons (Fsp3) is 0.455. The van der Waals surface area contributed by atoms with E-state index in [0.29, 0.717) is 29.5 Å². The molecule has 4 fully saturated rings. The normalized spacial score (nSPS) is 31.7. The minimum Gasteiger partial charge on any atom is -0.454 e. The number of aromatic nitrogens is 1. The van der Waals surface area contributed by atoms with Gasteiger partial charge in [0, 0.05) is 30.7 Å². The molecule has 1 amide bonds. The zero-order valence-electron chi connectivity index (χ0n) is 16.2. The van der Waals surface area contributed by atoms with Crippen molar-refractivity contribution in [2.75, 3.05) is 31.3 Å². The Kier molecular flexibility index (Phi) is 3.74. The molecular formula is C22H24N4O3. The smallest absolute Gasteiger partial charge is 0.252 e. The van der Waals surface area contributed by atoms with E-state index in [-0.39, 0.29) is 6.79 Å². The number of piperidine rings is 3. The van der Waals surface area contributed by atoms with Gasteiger partial charge in [0.2, 0.25) is 6.79 Å². The van der Waals surface area contributed by atoms with Gasteiger partial charge in [0.05, 0.1) is 5.56 Å². The molecule has 1 aromatic heterocycles. The molecule has 2 bridgehead atoms. The standard InChI is InChI=1S/C22H24N4O3/c23-21(27)15-2-1-7-24-22(15)26-11-16(14-3-4-17-18(10-14)29-12-28-17)20-19(26)13-5-8-25(20)9-6-13/h1-4,7,10,13,16,19-20H,5-6,8-9,11-12H2,(H2,23,27)/t16-,19+,20+/m1/s1. The number of hydrogen-bond donors (Lipinski definition) is 1. The van der Waals surface area contributed by atoms with Crippen LogP contribution in [0.25, 0.3) is 0 Å². The van der Waals surface area contributed by atoms with Gasteiger partial charge in [-0.3, -0.25) is 9.69 Å². The van der Waals surface area contributed by atoms with E-state index in [0.717, 1.165) is 37.0 Å². The molecule has 4 saturated heterocycles. The number of hydrogen-bond acceptors (Lipinski definition) is 6. The van der Waals surface area contributed by atoms with Gasteiger partial charge in [-0.15, -0.1) is 0 Å². The van der Waals surface area contributed by atoms with Gasteiger partial charge in [-0.05, 0) is 61.7 Å². The maximum absolute atomic E-state index is 12.1. The van der Waals surface area contributed by atoms with Crippen molar-refractivity contribution in [1.82, 2.24) is 9.88 Å². The second kappa shape index (κ2) is 6.35. The lowest BCUT2D eigenvalue weighted by atomic mass is 9.75. The molecule has 2 aromatic rings. The second-order valence-corrected chi connectivity index (χ2v) is 8.46. The van der Waals surface area contributed by atoms with E-state index in [9.17, 15) is 4.79 Å². The van der Waals surface area contributed by atoms with Crippen molar-refractivity contribution >= 4 is 11.7 Å². The van der Waals surface area contributed by atoms with E-state index in [2.05, 4.69) is 26.9 Å². The molecule has 0 saturated carbocycles. The number of primary amides is 1. The van der Waals surface area contributed by atoms with Gasteiger partial charge in [0.1, 0.15) is 5.82 Å². The molecule has 0 spiro atoms. The number of pyridine rings is 1. The summed E-state index contributed by atoms with van der Waals surface area (Å²) in [5.74, 6) is 2.88. The topological polar surface area (TPSA) is 80.9 Å². The Morgan fingerprint density at radius 3 is 2.76 bits per heavy atom. The summed E-state index contributed by atoms with van der Waals surface area (Å²) in [6.45, 7) is 3.39. The fourth-order valence-corrected chi connectivity index (χ4v) is 5.92. The summed E-state index contributed by atoms with van der Waals surface area (Å²) in [4.78, 5) is 21.7. The predicted octanol–water partition coefficient (Wildman–Crippen LogP) is 1.98. The largest absolute Gasteiger partial charge is 0.454 e. The molecule has 150 valence electrons. The van der Waals surface area contributed by atoms with Crippen molar-refractivity contribution in [1.29, 1.82) is 0 Å². The summed E-state index contributed by atoms with van der Waals surface area (Å²) in [7, 11) is 0. The Balaban J connectivity index is 1.44. The van der Waals surface area contributed by atoms with Crippen LogP contribution < -0.4 is 20.1 Å². The predicted molar refractivity (Wildman–Crippen MR) is 107 cm³/mol. The Hall–Kier alpha value is -2.80. The maximum atomic E-state index is 12.1. The zero-order chi connectivity index (χ0) is 19.5. The van der Waals surface area contributed by atoms with Crippen LogP contribution >= 0.6 is 0 Å². The van der Waals surface area contributed by atoms with E-state index in [1.54, 1.807) is 18.3 Å². The Morgan fingerprint density at radius 2 is 1.93 bits per heavy atom. The lowest BCUT2D eigenvalue weighted by Crippen LogP contribution is -2.60. The number of rotatable bonds is 3. The summed E-state index contributed by atoms with van der Waals surface area (Å²) in [6, 6.07) is 10.6. The van der Waals surface area contributed by atoms with Gasteiger partial charge in [0.15, 0.2) is 11.5 Å². The third-order valence-electron chi connectivity index (χ3n) is 7.14. The molecular weight excluding hydrogens is 368 g/mol. The van der Waals surface area contributed by atoms with E-state index < -0.39 is 5.91 Å². The molecule has 0 radical (unpaired) electrons. The number of fused-ring (bicyclic) bond motifs is 3. The van der Waals surface area contributed by atoms with Gasteiger partial charge < -0.3 is 20.1 Å². The molecule has 7 rings (SSSR count). The van der Waals surface area contributed by atoms with E-state index in [4.69, 9.17) is 15.2 Å². The van der Waals surface area contributed by atoms with Crippen LogP contribution in [0.4, 0.5) is 5.82 Å². The number of amides is 1. The van der Waals surface area contributed by atoms with Crippen LogP contribution in [-0.4, -0.2) is 54.3 Å². The summed E-state index contributed by atoms with van der Waals surface area (Å²) < 4.78 is 11.1. The summed E-state index contributed by atoms with van der Waals surface area (Å²) >= 11 is 0. The highest BCUT2D eigenvalue weighted by atomic mass is 16.7. The number of nitrogens with zero attached hydrogens (tertiary/aromatic N) is 3. The van der Waals surface area contributed by atoms with Crippen molar-refractivity contribution in [3.8, 4) is 11.5 Å². The Bertz CT molecular complexity index is 972. The van der Waals surface area contributed by atoms with Crippen LogP contribution in [0.3, 0.4) is 0 Å². The highest BCUT2D eigenvalue weighted by molar-refractivity contribution is 5.97. The molecule has 5 aliphatic heterocycles. The van der Waals surface area contributed by atoms with Crippen molar-refractivity contribution in [2.24, 2.45) is 11.7 Å². The molecule has 29 heavy (non-hydrogen) atoms. The Labute approximate surface area is 169 Å². The van der Waals surface area contributed by atoms with Crippen molar-refractivity contribution in [2.45, 2.75) is 30.8 Å². The monoisotopic (exact) mass is 392 g/mol. The highest BCUT2D eigenvalue weighted by Gasteiger charge is 2.54. The third kappa shape index (κ3) is 2.53. The van der Waals surface area contributed by atoms with E-state index in [1.807, 2.05) is 6.07 Å². The number of carbonyl (C=O) groups excluding carboxylic acids is 1.